The highest BCUT2D eigenvalue weighted by Gasteiger charge is 2.18. The van der Waals surface area contributed by atoms with Gasteiger partial charge in [0, 0.05) is 0 Å². The lowest BCUT2D eigenvalue weighted by Gasteiger charge is -2.10. The van der Waals surface area contributed by atoms with Crippen molar-refractivity contribution in [1.82, 2.24) is 0 Å². The number of hydrogen-bond donors (Lipinski definition) is 0. The van der Waals surface area contributed by atoms with Gasteiger partial charge in [0.15, 0.2) is 5.38 Å². The number of benzene rings is 2. The molecule has 0 N–H and O–H groups in total. The minimum atomic E-state index is -0.784. The molecule has 0 amide bonds. The second-order valence-corrected chi connectivity index (χ2v) is 4.89. The normalized spacial score (nSPS) is 11.7. The van der Waals surface area contributed by atoms with Crippen LogP contribution < -0.4 is 4.74 Å². The summed E-state index contributed by atoms with van der Waals surface area (Å²) < 4.78 is 10.6. The van der Waals surface area contributed by atoms with Crippen LogP contribution in [0.3, 0.4) is 0 Å². The first-order valence-corrected chi connectivity index (χ1v) is 7.21. The minimum absolute atomic E-state index is 0.320. The van der Waals surface area contributed by atoms with Crippen LogP contribution in [-0.2, 0) is 16.1 Å². The van der Waals surface area contributed by atoms with Crippen LogP contribution in [-0.4, -0.2) is 12.6 Å². The summed E-state index contributed by atoms with van der Waals surface area (Å²) in [6, 6.07) is 17.1. The molecule has 0 radical (unpaired) electrons. The van der Waals surface area contributed by atoms with Crippen LogP contribution in [0.1, 0.15) is 23.4 Å². The zero-order valence-corrected chi connectivity index (χ0v) is 12.5. The molecule has 1 unspecified atom stereocenters. The van der Waals surface area contributed by atoms with Crippen molar-refractivity contribution >= 4 is 17.6 Å². The monoisotopic (exact) mass is 304 g/mol. The summed E-state index contributed by atoms with van der Waals surface area (Å²) in [6.45, 7) is 2.57. The predicted molar refractivity (Wildman–Crippen MR) is 82.4 cm³/mol. The van der Waals surface area contributed by atoms with Gasteiger partial charge in [-0.3, -0.25) is 4.79 Å². The van der Waals surface area contributed by atoms with E-state index in [1.54, 1.807) is 31.2 Å². The molecular weight excluding hydrogens is 288 g/mol. The smallest absolute Gasteiger partial charge is 0.328 e. The van der Waals surface area contributed by atoms with Gasteiger partial charge in [-0.05, 0) is 30.2 Å². The average molecular weight is 305 g/mol. The van der Waals surface area contributed by atoms with Crippen molar-refractivity contribution in [3.8, 4) is 5.75 Å². The third-order valence-electron chi connectivity index (χ3n) is 2.91. The van der Waals surface area contributed by atoms with Gasteiger partial charge in [0.1, 0.15) is 12.4 Å². The van der Waals surface area contributed by atoms with E-state index in [0.717, 1.165) is 11.3 Å². The molecule has 0 aliphatic rings. The van der Waals surface area contributed by atoms with E-state index in [4.69, 9.17) is 21.1 Å². The standard InChI is InChI=1S/C17H17ClO3/c1-2-20-17(19)16(18)14-8-10-15(11-9-14)21-12-13-6-4-3-5-7-13/h3-11,16H,2,12H2,1H3. The number of esters is 1. The quantitative estimate of drug-likeness (QED) is 0.595. The Morgan fingerprint density at radius 3 is 2.38 bits per heavy atom. The number of carbonyl (C=O) groups excluding carboxylic acids is 1. The van der Waals surface area contributed by atoms with Gasteiger partial charge in [-0.15, -0.1) is 11.6 Å². The van der Waals surface area contributed by atoms with Crippen molar-refractivity contribution in [3.63, 3.8) is 0 Å². The lowest BCUT2D eigenvalue weighted by Crippen LogP contribution is -2.10. The summed E-state index contributed by atoms with van der Waals surface area (Å²) in [5.41, 5.74) is 1.80. The lowest BCUT2D eigenvalue weighted by atomic mass is 10.1. The van der Waals surface area contributed by atoms with Gasteiger partial charge in [0.05, 0.1) is 6.61 Å². The van der Waals surface area contributed by atoms with Gasteiger partial charge in [-0.25, -0.2) is 0 Å². The van der Waals surface area contributed by atoms with Crippen LogP contribution in [0.4, 0.5) is 0 Å². The Balaban J connectivity index is 1.94. The summed E-state index contributed by atoms with van der Waals surface area (Å²) in [6.07, 6.45) is 0. The van der Waals surface area contributed by atoms with Crippen LogP contribution in [0.2, 0.25) is 0 Å². The highest BCUT2D eigenvalue weighted by atomic mass is 35.5. The minimum Gasteiger partial charge on any atom is -0.489 e. The van der Waals surface area contributed by atoms with Crippen molar-refractivity contribution < 1.29 is 14.3 Å². The van der Waals surface area contributed by atoms with E-state index in [-0.39, 0.29) is 0 Å². The maximum Gasteiger partial charge on any atom is 0.328 e. The molecule has 0 bridgehead atoms. The van der Waals surface area contributed by atoms with Crippen molar-refractivity contribution in [2.45, 2.75) is 18.9 Å². The van der Waals surface area contributed by atoms with E-state index < -0.39 is 11.3 Å². The number of carbonyl (C=O) groups is 1. The Morgan fingerprint density at radius 2 is 1.76 bits per heavy atom. The van der Waals surface area contributed by atoms with E-state index in [0.29, 0.717) is 18.8 Å². The molecule has 2 aromatic rings. The highest BCUT2D eigenvalue weighted by Crippen LogP contribution is 2.24. The fourth-order valence-electron chi connectivity index (χ4n) is 1.83. The Bertz CT molecular complexity index is 566. The topological polar surface area (TPSA) is 35.5 Å². The van der Waals surface area contributed by atoms with E-state index in [1.807, 2.05) is 30.3 Å². The molecular formula is C17H17ClO3. The van der Waals surface area contributed by atoms with Crippen molar-refractivity contribution in [2.75, 3.05) is 6.61 Å². The molecule has 1 atom stereocenters. The zero-order valence-electron chi connectivity index (χ0n) is 11.8. The van der Waals surface area contributed by atoms with Crippen LogP contribution in [0.5, 0.6) is 5.75 Å². The van der Waals surface area contributed by atoms with Crippen LogP contribution in [0.25, 0.3) is 0 Å². The Labute approximate surface area is 129 Å². The number of halogens is 1. The van der Waals surface area contributed by atoms with Gasteiger partial charge >= 0.3 is 5.97 Å². The van der Waals surface area contributed by atoms with Crippen molar-refractivity contribution in [3.05, 3.63) is 65.7 Å². The molecule has 0 fully saturated rings. The summed E-state index contributed by atoms with van der Waals surface area (Å²) in [7, 11) is 0. The Hall–Kier alpha value is -2.00. The van der Waals surface area contributed by atoms with E-state index >= 15 is 0 Å². The van der Waals surface area contributed by atoms with E-state index in [9.17, 15) is 4.79 Å². The summed E-state index contributed by atoms with van der Waals surface area (Å²) >= 11 is 6.05. The molecule has 2 aromatic carbocycles. The molecule has 3 nitrogen and oxygen atoms in total. The van der Waals surface area contributed by atoms with E-state index in [1.165, 1.54) is 0 Å². The Morgan fingerprint density at radius 1 is 1.10 bits per heavy atom. The van der Waals surface area contributed by atoms with Crippen LogP contribution in [0, 0.1) is 0 Å². The third kappa shape index (κ3) is 4.50. The number of alkyl halides is 1. The summed E-state index contributed by atoms with van der Waals surface area (Å²) in [5, 5.41) is -0.784. The fourth-order valence-corrected chi connectivity index (χ4v) is 2.03. The summed E-state index contributed by atoms with van der Waals surface area (Å²) in [5.74, 6) is 0.299. The second kappa shape index (κ2) is 7.70. The molecule has 21 heavy (non-hydrogen) atoms. The molecule has 2 rings (SSSR count). The predicted octanol–water partition coefficient (Wildman–Crippen LogP) is 4.11. The van der Waals surface area contributed by atoms with Gasteiger partial charge < -0.3 is 9.47 Å². The van der Waals surface area contributed by atoms with Gasteiger partial charge in [-0.2, -0.15) is 0 Å². The molecule has 0 spiro atoms. The Kier molecular flexibility index (Phi) is 5.64. The van der Waals surface area contributed by atoms with Crippen molar-refractivity contribution in [1.29, 1.82) is 0 Å². The molecule has 0 saturated carbocycles. The maximum absolute atomic E-state index is 11.6. The SMILES string of the molecule is CCOC(=O)C(Cl)c1ccc(OCc2ccccc2)cc1. The van der Waals surface area contributed by atoms with E-state index in [2.05, 4.69) is 0 Å². The molecule has 0 aromatic heterocycles. The first kappa shape index (κ1) is 15.4. The molecule has 110 valence electrons. The van der Waals surface area contributed by atoms with Gasteiger partial charge in [0.25, 0.3) is 0 Å². The van der Waals surface area contributed by atoms with Crippen LogP contribution >= 0.6 is 11.6 Å². The third-order valence-corrected chi connectivity index (χ3v) is 3.34. The zero-order chi connectivity index (χ0) is 15.1. The molecule has 0 heterocycles. The maximum atomic E-state index is 11.6. The summed E-state index contributed by atoms with van der Waals surface area (Å²) in [4.78, 5) is 11.6. The highest BCUT2D eigenvalue weighted by molar-refractivity contribution is 6.29. The molecule has 0 saturated heterocycles. The number of hydrogen-bond acceptors (Lipinski definition) is 3. The molecule has 4 heteroatoms. The molecule has 0 aliphatic heterocycles. The average Bonchev–Trinajstić information content (AvgIpc) is 2.54. The first-order valence-electron chi connectivity index (χ1n) is 6.78. The fraction of sp³-hybridized carbons (Fsp3) is 0.235. The van der Waals surface area contributed by atoms with Gasteiger partial charge in [0.2, 0.25) is 0 Å². The number of ether oxygens (including phenoxy) is 2. The number of rotatable bonds is 6. The van der Waals surface area contributed by atoms with Gasteiger partial charge in [-0.1, -0.05) is 42.5 Å². The second-order valence-electron chi connectivity index (χ2n) is 4.46. The van der Waals surface area contributed by atoms with Crippen LogP contribution in [0.15, 0.2) is 54.6 Å². The first-order chi connectivity index (χ1) is 10.2. The molecule has 0 aliphatic carbocycles. The largest absolute Gasteiger partial charge is 0.489 e. The van der Waals surface area contributed by atoms with Crippen molar-refractivity contribution in [2.24, 2.45) is 0 Å². The lowest BCUT2D eigenvalue weighted by molar-refractivity contribution is -0.142.